The van der Waals surface area contributed by atoms with E-state index in [4.69, 9.17) is 0 Å². The number of nitrogens with zero attached hydrogens (tertiary/aromatic N) is 2. The molecule has 0 atom stereocenters. The Kier molecular flexibility index (Phi) is 4.47. The summed E-state index contributed by atoms with van der Waals surface area (Å²) >= 11 is 2.12. The molecule has 0 amide bonds. The molecule has 0 bridgehead atoms. The SMILES string of the molecule is CN(c1ccc(I)cc1)S(=O)(=O)c1cccc([N+](=O)[O-])c1. The van der Waals surface area contributed by atoms with Gasteiger partial charge >= 0.3 is 0 Å². The van der Waals surface area contributed by atoms with Crippen LogP contribution in [0.3, 0.4) is 0 Å². The van der Waals surface area contributed by atoms with Crippen molar-refractivity contribution in [3.8, 4) is 0 Å². The summed E-state index contributed by atoms with van der Waals surface area (Å²) in [4.78, 5) is 10.0. The van der Waals surface area contributed by atoms with Crippen molar-refractivity contribution in [1.82, 2.24) is 0 Å². The van der Waals surface area contributed by atoms with E-state index >= 15 is 0 Å². The van der Waals surface area contributed by atoms with Crippen molar-refractivity contribution in [3.05, 3.63) is 62.2 Å². The van der Waals surface area contributed by atoms with Gasteiger partial charge in [0.05, 0.1) is 15.5 Å². The highest BCUT2D eigenvalue weighted by Gasteiger charge is 2.23. The molecule has 0 N–H and O–H groups in total. The van der Waals surface area contributed by atoms with Crippen LogP contribution in [0.15, 0.2) is 53.4 Å². The minimum Gasteiger partial charge on any atom is -0.269 e. The average molecular weight is 418 g/mol. The van der Waals surface area contributed by atoms with E-state index in [1.54, 1.807) is 24.3 Å². The lowest BCUT2D eigenvalue weighted by Gasteiger charge is -2.19. The molecule has 8 heteroatoms. The predicted octanol–water partition coefficient (Wildman–Crippen LogP) is 3.02. The molecule has 0 radical (unpaired) electrons. The number of hydrogen-bond acceptors (Lipinski definition) is 4. The van der Waals surface area contributed by atoms with Crippen LogP contribution < -0.4 is 4.31 Å². The topological polar surface area (TPSA) is 80.5 Å². The lowest BCUT2D eigenvalue weighted by Crippen LogP contribution is -2.26. The van der Waals surface area contributed by atoms with E-state index in [0.29, 0.717) is 5.69 Å². The number of non-ortho nitro benzene ring substituents is 1. The van der Waals surface area contributed by atoms with E-state index in [1.165, 1.54) is 25.2 Å². The van der Waals surface area contributed by atoms with Crippen LogP contribution in [0.2, 0.25) is 0 Å². The first kappa shape index (κ1) is 15.7. The summed E-state index contributed by atoms with van der Waals surface area (Å²) in [5.41, 5.74) is 0.231. The summed E-state index contributed by atoms with van der Waals surface area (Å²) < 4.78 is 27.1. The van der Waals surface area contributed by atoms with Crippen molar-refractivity contribution in [3.63, 3.8) is 0 Å². The van der Waals surface area contributed by atoms with Crippen LogP contribution in [0.1, 0.15) is 0 Å². The van der Waals surface area contributed by atoms with Gasteiger partial charge in [-0.3, -0.25) is 14.4 Å². The van der Waals surface area contributed by atoms with Gasteiger partial charge in [0, 0.05) is 22.8 Å². The molecular formula is C13H11IN2O4S. The summed E-state index contributed by atoms with van der Waals surface area (Å²) in [5.74, 6) is 0. The molecule has 0 fully saturated rings. The fourth-order valence-electron chi connectivity index (χ4n) is 1.71. The van der Waals surface area contributed by atoms with Crippen LogP contribution in [0, 0.1) is 13.7 Å². The molecule has 0 spiro atoms. The Morgan fingerprint density at radius 1 is 1.14 bits per heavy atom. The Balaban J connectivity index is 2.44. The summed E-state index contributed by atoms with van der Waals surface area (Å²) in [7, 11) is -2.42. The zero-order valence-electron chi connectivity index (χ0n) is 10.9. The van der Waals surface area contributed by atoms with Crippen LogP contribution >= 0.6 is 22.6 Å². The van der Waals surface area contributed by atoms with Gasteiger partial charge in [0.25, 0.3) is 15.7 Å². The predicted molar refractivity (Wildman–Crippen MR) is 87.8 cm³/mol. The molecule has 0 aliphatic heterocycles. The minimum atomic E-state index is -3.83. The van der Waals surface area contributed by atoms with Gasteiger partial charge in [-0.1, -0.05) is 6.07 Å². The summed E-state index contributed by atoms with van der Waals surface area (Å²) in [6, 6.07) is 11.9. The molecule has 21 heavy (non-hydrogen) atoms. The lowest BCUT2D eigenvalue weighted by atomic mass is 10.3. The van der Waals surface area contributed by atoms with Gasteiger partial charge in [0.15, 0.2) is 0 Å². The van der Waals surface area contributed by atoms with E-state index in [2.05, 4.69) is 22.6 Å². The van der Waals surface area contributed by atoms with Crippen LogP contribution in [0.4, 0.5) is 11.4 Å². The highest BCUT2D eigenvalue weighted by atomic mass is 127. The molecule has 2 aromatic carbocycles. The number of nitro groups is 1. The largest absolute Gasteiger partial charge is 0.270 e. The van der Waals surface area contributed by atoms with Gasteiger partial charge in [0.1, 0.15) is 0 Å². The number of nitro benzene ring substituents is 1. The minimum absolute atomic E-state index is 0.113. The van der Waals surface area contributed by atoms with Crippen molar-refractivity contribution in [2.45, 2.75) is 4.90 Å². The van der Waals surface area contributed by atoms with Crippen molar-refractivity contribution >= 4 is 44.0 Å². The standard InChI is InChI=1S/C13H11IN2O4S/c1-15(11-7-5-10(14)6-8-11)21(19,20)13-4-2-3-12(9-13)16(17)18/h2-9H,1H3. The van der Waals surface area contributed by atoms with Crippen LogP contribution in [0.25, 0.3) is 0 Å². The Labute approximate surface area is 135 Å². The van der Waals surface area contributed by atoms with Crippen molar-refractivity contribution in [1.29, 1.82) is 0 Å². The molecule has 0 heterocycles. The highest BCUT2D eigenvalue weighted by Crippen LogP contribution is 2.25. The lowest BCUT2D eigenvalue weighted by molar-refractivity contribution is -0.385. The van der Waals surface area contributed by atoms with Gasteiger partial charge in [0.2, 0.25) is 0 Å². The average Bonchev–Trinajstić information content (AvgIpc) is 2.47. The molecule has 0 saturated carbocycles. The number of benzene rings is 2. The number of halogens is 1. The zero-order chi connectivity index (χ0) is 15.6. The maximum atomic E-state index is 12.5. The third-order valence-corrected chi connectivity index (χ3v) is 5.38. The van der Waals surface area contributed by atoms with Crippen LogP contribution in [-0.2, 0) is 10.0 Å². The normalized spacial score (nSPS) is 11.1. The smallest absolute Gasteiger partial charge is 0.269 e. The quantitative estimate of drug-likeness (QED) is 0.435. The second kappa shape index (κ2) is 5.98. The van der Waals surface area contributed by atoms with E-state index in [-0.39, 0.29) is 10.6 Å². The monoisotopic (exact) mass is 418 g/mol. The maximum absolute atomic E-state index is 12.5. The van der Waals surface area contributed by atoms with E-state index in [1.807, 2.05) is 0 Å². The Morgan fingerprint density at radius 2 is 1.76 bits per heavy atom. The maximum Gasteiger partial charge on any atom is 0.270 e. The molecule has 0 aliphatic rings. The molecule has 110 valence electrons. The van der Waals surface area contributed by atoms with Crippen molar-refractivity contribution in [2.24, 2.45) is 0 Å². The van der Waals surface area contributed by atoms with Gasteiger partial charge in [-0.25, -0.2) is 8.42 Å². The van der Waals surface area contributed by atoms with Crippen LogP contribution in [0.5, 0.6) is 0 Å². The highest BCUT2D eigenvalue weighted by molar-refractivity contribution is 14.1. The first-order valence-electron chi connectivity index (χ1n) is 5.81. The Morgan fingerprint density at radius 3 is 2.33 bits per heavy atom. The van der Waals surface area contributed by atoms with E-state index < -0.39 is 14.9 Å². The number of sulfonamides is 1. The summed E-state index contributed by atoms with van der Waals surface area (Å²) in [6.07, 6.45) is 0. The van der Waals surface area contributed by atoms with Crippen molar-refractivity contribution < 1.29 is 13.3 Å². The van der Waals surface area contributed by atoms with E-state index in [0.717, 1.165) is 13.9 Å². The molecule has 2 aromatic rings. The molecule has 0 aromatic heterocycles. The van der Waals surface area contributed by atoms with Gasteiger partial charge in [-0.2, -0.15) is 0 Å². The zero-order valence-corrected chi connectivity index (χ0v) is 13.9. The third-order valence-electron chi connectivity index (χ3n) is 2.88. The van der Waals surface area contributed by atoms with Crippen LogP contribution in [-0.4, -0.2) is 20.4 Å². The molecule has 6 nitrogen and oxygen atoms in total. The second-order valence-electron chi connectivity index (χ2n) is 4.20. The molecular weight excluding hydrogens is 407 g/mol. The summed E-state index contributed by atoms with van der Waals surface area (Å²) in [5, 5.41) is 10.8. The fourth-order valence-corrected chi connectivity index (χ4v) is 3.30. The molecule has 0 unspecified atom stereocenters. The van der Waals surface area contributed by atoms with Gasteiger partial charge in [-0.15, -0.1) is 0 Å². The number of hydrogen-bond donors (Lipinski definition) is 0. The number of anilines is 1. The second-order valence-corrected chi connectivity index (χ2v) is 7.42. The van der Waals surface area contributed by atoms with Gasteiger partial charge in [-0.05, 0) is 52.9 Å². The Hall–Kier alpha value is -1.68. The van der Waals surface area contributed by atoms with E-state index in [9.17, 15) is 18.5 Å². The Bertz CT molecular complexity index is 775. The summed E-state index contributed by atoms with van der Waals surface area (Å²) in [6.45, 7) is 0. The van der Waals surface area contributed by atoms with Crippen molar-refractivity contribution in [2.75, 3.05) is 11.4 Å². The first-order valence-corrected chi connectivity index (χ1v) is 8.33. The number of rotatable bonds is 4. The fraction of sp³-hybridized carbons (Fsp3) is 0.0769. The third kappa shape index (κ3) is 3.32. The molecule has 0 aliphatic carbocycles. The first-order chi connectivity index (χ1) is 9.82. The molecule has 0 saturated heterocycles. The molecule has 2 rings (SSSR count). The van der Waals surface area contributed by atoms with Gasteiger partial charge < -0.3 is 0 Å².